The molecule has 1 amide bonds. The zero-order valence-electron chi connectivity index (χ0n) is 19.1. The molecule has 0 aliphatic rings. The van der Waals surface area contributed by atoms with Gasteiger partial charge in [-0.3, -0.25) is 4.79 Å². The lowest BCUT2D eigenvalue weighted by atomic mass is 10.1. The van der Waals surface area contributed by atoms with E-state index in [1.165, 1.54) is 37.4 Å². The minimum Gasteiger partial charge on any atom is -0.497 e. The Morgan fingerprint density at radius 3 is 2.54 bits per heavy atom. The van der Waals surface area contributed by atoms with Gasteiger partial charge in [-0.05, 0) is 43.3 Å². The molecule has 2 aromatic carbocycles. The van der Waals surface area contributed by atoms with Gasteiger partial charge in [-0.15, -0.1) is 0 Å². The number of anilines is 1. The van der Waals surface area contributed by atoms with E-state index in [4.69, 9.17) is 9.47 Å². The first-order valence-electron chi connectivity index (χ1n) is 10.5. The number of benzene rings is 2. The molecule has 0 aliphatic heterocycles. The van der Waals surface area contributed by atoms with Crippen molar-refractivity contribution in [2.45, 2.75) is 6.92 Å². The number of carbonyl (C=O) groups excluding carboxylic acids is 1. The second kappa shape index (κ2) is 8.86. The molecule has 11 heteroatoms. The Labute approximate surface area is 199 Å². The molecule has 35 heavy (non-hydrogen) atoms. The van der Waals surface area contributed by atoms with Crippen LogP contribution >= 0.6 is 0 Å². The highest BCUT2D eigenvalue weighted by Crippen LogP contribution is 2.27. The molecule has 0 unspecified atom stereocenters. The standard InChI is InChI=1S/C24H20FN7O3/c1-14-10-21(29-24(33)18-9-8-17(34-2)11-20(18)35-3)32(30-14)23-19-12-28-31(22(19)26-13-27-23)16-6-4-15(25)5-7-16/h4-13H,1-3H3,(H,29,33). The number of ether oxygens (including phenoxy) is 2. The molecule has 0 saturated heterocycles. The number of rotatable bonds is 6. The molecular formula is C24H20FN7O3. The average Bonchev–Trinajstić information content (AvgIpc) is 3.47. The smallest absolute Gasteiger partial charge is 0.260 e. The number of aromatic nitrogens is 6. The molecule has 5 aromatic rings. The molecule has 0 fully saturated rings. The first-order valence-corrected chi connectivity index (χ1v) is 10.5. The lowest BCUT2D eigenvalue weighted by Crippen LogP contribution is -2.16. The molecule has 10 nitrogen and oxygen atoms in total. The van der Waals surface area contributed by atoms with Crippen molar-refractivity contribution in [2.24, 2.45) is 0 Å². The van der Waals surface area contributed by atoms with Gasteiger partial charge in [-0.25, -0.2) is 19.0 Å². The summed E-state index contributed by atoms with van der Waals surface area (Å²) in [5.74, 6) is 1.03. The highest BCUT2D eigenvalue weighted by atomic mass is 19.1. The van der Waals surface area contributed by atoms with Crippen molar-refractivity contribution in [2.75, 3.05) is 19.5 Å². The zero-order chi connectivity index (χ0) is 24.5. The van der Waals surface area contributed by atoms with Crippen LogP contribution in [0.4, 0.5) is 10.2 Å². The van der Waals surface area contributed by atoms with Crippen LogP contribution in [0.15, 0.2) is 61.1 Å². The van der Waals surface area contributed by atoms with Gasteiger partial charge in [-0.1, -0.05) is 0 Å². The second-order valence-electron chi connectivity index (χ2n) is 7.57. The number of amides is 1. The SMILES string of the molecule is COc1ccc(C(=O)Nc2cc(C)nn2-c2ncnc3c2cnn3-c2ccc(F)cc2)c(OC)c1. The monoisotopic (exact) mass is 473 g/mol. The van der Waals surface area contributed by atoms with E-state index in [2.05, 4.69) is 25.5 Å². The molecule has 3 heterocycles. The lowest BCUT2D eigenvalue weighted by molar-refractivity contribution is 0.102. The van der Waals surface area contributed by atoms with E-state index < -0.39 is 5.91 Å². The van der Waals surface area contributed by atoms with Crippen molar-refractivity contribution in [3.05, 3.63) is 78.1 Å². The molecule has 0 aliphatic carbocycles. The molecule has 0 atom stereocenters. The van der Waals surface area contributed by atoms with Crippen LogP contribution < -0.4 is 14.8 Å². The van der Waals surface area contributed by atoms with Gasteiger partial charge in [-0.2, -0.15) is 14.9 Å². The summed E-state index contributed by atoms with van der Waals surface area (Å²) in [6.07, 6.45) is 2.98. The van der Waals surface area contributed by atoms with Crippen molar-refractivity contribution in [1.82, 2.24) is 29.5 Å². The Bertz CT molecular complexity index is 1540. The van der Waals surface area contributed by atoms with Crippen LogP contribution in [0.1, 0.15) is 16.1 Å². The number of nitrogens with zero attached hydrogens (tertiary/aromatic N) is 6. The normalized spacial score (nSPS) is 11.0. The van der Waals surface area contributed by atoms with Crippen LogP contribution in [0.25, 0.3) is 22.5 Å². The minimum absolute atomic E-state index is 0.329. The van der Waals surface area contributed by atoms with Crippen molar-refractivity contribution in [1.29, 1.82) is 0 Å². The van der Waals surface area contributed by atoms with Gasteiger partial charge < -0.3 is 14.8 Å². The number of carbonyl (C=O) groups is 1. The summed E-state index contributed by atoms with van der Waals surface area (Å²) in [6, 6.07) is 12.6. The number of fused-ring (bicyclic) bond motifs is 1. The molecule has 176 valence electrons. The van der Waals surface area contributed by atoms with Crippen LogP contribution in [-0.2, 0) is 0 Å². The average molecular weight is 473 g/mol. The van der Waals surface area contributed by atoms with Gasteiger partial charge in [0.15, 0.2) is 11.5 Å². The maximum absolute atomic E-state index is 13.4. The van der Waals surface area contributed by atoms with Gasteiger partial charge in [0, 0.05) is 12.1 Å². The molecule has 0 saturated carbocycles. The summed E-state index contributed by atoms with van der Waals surface area (Å²) in [5.41, 5.74) is 2.14. The first-order chi connectivity index (χ1) is 17.0. The van der Waals surface area contributed by atoms with Crippen LogP contribution in [0.2, 0.25) is 0 Å². The van der Waals surface area contributed by atoms with Gasteiger partial charge in [0.05, 0.1) is 42.7 Å². The van der Waals surface area contributed by atoms with Crippen LogP contribution in [0.3, 0.4) is 0 Å². The summed E-state index contributed by atoms with van der Waals surface area (Å²) < 4.78 is 27.0. The quantitative estimate of drug-likeness (QED) is 0.400. The predicted molar refractivity (Wildman–Crippen MR) is 126 cm³/mol. The van der Waals surface area contributed by atoms with Crippen LogP contribution in [0.5, 0.6) is 11.5 Å². The van der Waals surface area contributed by atoms with Gasteiger partial charge >= 0.3 is 0 Å². The number of hydrogen-bond acceptors (Lipinski definition) is 7. The van der Waals surface area contributed by atoms with Gasteiger partial charge in [0.25, 0.3) is 5.91 Å². The highest BCUT2D eigenvalue weighted by Gasteiger charge is 2.20. The van der Waals surface area contributed by atoms with E-state index in [0.717, 1.165) is 0 Å². The number of halogens is 1. The van der Waals surface area contributed by atoms with E-state index in [1.807, 2.05) is 0 Å². The topological polar surface area (TPSA) is 109 Å². The summed E-state index contributed by atoms with van der Waals surface area (Å²) in [7, 11) is 3.02. The maximum atomic E-state index is 13.4. The summed E-state index contributed by atoms with van der Waals surface area (Å²) in [4.78, 5) is 21.9. The second-order valence-corrected chi connectivity index (χ2v) is 7.57. The van der Waals surface area contributed by atoms with Crippen molar-refractivity contribution < 1.29 is 18.7 Å². The predicted octanol–water partition coefficient (Wildman–Crippen LogP) is 3.72. The molecule has 0 spiro atoms. The van der Waals surface area contributed by atoms with E-state index >= 15 is 0 Å². The summed E-state index contributed by atoms with van der Waals surface area (Å²) in [6.45, 7) is 1.81. The Kier molecular flexibility index (Phi) is 5.57. The lowest BCUT2D eigenvalue weighted by Gasteiger charge is -2.12. The Hall–Kier alpha value is -4.80. The fraction of sp³-hybridized carbons (Fsp3) is 0.125. The Morgan fingerprint density at radius 1 is 1.00 bits per heavy atom. The molecule has 5 rings (SSSR count). The molecule has 3 aromatic heterocycles. The fourth-order valence-electron chi connectivity index (χ4n) is 3.69. The van der Waals surface area contributed by atoms with Crippen LogP contribution in [-0.4, -0.2) is 49.7 Å². The Morgan fingerprint density at radius 2 is 1.80 bits per heavy atom. The zero-order valence-corrected chi connectivity index (χ0v) is 19.1. The Balaban J connectivity index is 1.54. The minimum atomic E-state index is -0.391. The molecule has 1 N–H and O–H groups in total. The van der Waals surface area contributed by atoms with Gasteiger partial charge in [0.1, 0.15) is 29.5 Å². The van der Waals surface area contributed by atoms with E-state index in [9.17, 15) is 9.18 Å². The van der Waals surface area contributed by atoms with E-state index in [0.29, 0.717) is 51.1 Å². The highest BCUT2D eigenvalue weighted by molar-refractivity contribution is 6.06. The van der Waals surface area contributed by atoms with E-state index in [-0.39, 0.29) is 5.82 Å². The molecular weight excluding hydrogens is 453 g/mol. The third-order valence-electron chi connectivity index (χ3n) is 5.34. The molecule has 0 radical (unpaired) electrons. The first kappa shape index (κ1) is 22.0. The fourth-order valence-corrected chi connectivity index (χ4v) is 3.69. The summed E-state index contributed by atoms with van der Waals surface area (Å²) in [5, 5.41) is 12.4. The number of aryl methyl sites for hydroxylation is 1. The number of methoxy groups -OCH3 is 2. The third kappa shape index (κ3) is 4.03. The van der Waals surface area contributed by atoms with Crippen LogP contribution in [0, 0.1) is 12.7 Å². The maximum Gasteiger partial charge on any atom is 0.260 e. The molecule has 0 bridgehead atoms. The van der Waals surface area contributed by atoms with Crippen molar-refractivity contribution in [3.8, 4) is 23.0 Å². The van der Waals surface area contributed by atoms with Crippen molar-refractivity contribution in [3.63, 3.8) is 0 Å². The third-order valence-corrected chi connectivity index (χ3v) is 5.34. The number of hydrogen-bond donors (Lipinski definition) is 1. The van der Waals surface area contributed by atoms with Gasteiger partial charge in [0.2, 0.25) is 0 Å². The van der Waals surface area contributed by atoms with Crippen molar-refractivity contribution >= 4 is 22.8 Å². The van der Waals surface area contributed by atoms with E-state index in [1.54, 1.807) is 54.2 Å². The number of nitrogens with one attached hydrogen (secondary N) is 1. The summed E-state index contributed by atoms with van der Waals surface area (Å²) >= 11 is 0. The largest absolute Gasteiger partial charge is 0.497 e.